The standard InChI is InChI=1S/C31H64NO7P/c1-3-5-7-9-11-13-15-16-18-20-22-24-31(33)39-30(29-38-40(34,35)37-27-25-32)28-36-26-23-21-19-17-14-12-10-8-6-4-2/h30H,3-29,32H2,1-2H3,(H,34,35). The smallest absolute Gasteiger partial charge is 0.457 e. The normalized spacial score (nSPS) is 13.8. The van der Waals surface area contributed by atoms with Gasteiger partial charge in [0.1, 0.15) is 6.10 Å². The first kappa shape index (κ1) is 39.5. The highest BCUT2D eigenvalue weighted by Crippen LogP contribution is 2.43. The molecule has 0 aromatic carbocycles. The number of phosphoric acid groups is 1. The Morgan fingerprint density at radius 1 is 0.650 bits per heavy atom. The predicted octanol–water partition coefficient (Wildman–Crippen LogP) is 8.63. The van der Waals surface area contributed by atoms with E-state index in [9.17, 15) is 14.3 Å². The van der Waals surface area contributed by atoms with Gasteiger partial charge in [0.25, 0.3) is 0 Å². The molecular formula is C31H64NO7P. The highest BCUT2D eigenvalue weighted by atomic mass is 31.2. The molecule has 0 aromatic heterocycles. The van der Waals surface area contributed by atoms with Crippen molar-refractivity contribution < 1.29 is 32.8 Å². The molecule has 0 saturated heterocycles. The summed E-state index contributed by atoms with van der Waals surface area (Å²) in [7, 11) is -4.25. The Labute approximate surface area is 246 Å². The van der Waals surface area contributed by atoms with E-state index in [1.807, 2.05) is 0 Å². The highest BCUT2D eigenvalue weighted by molar-refractivity contribution is 7.47. The summed E-state index contributed by atoms with van der Waals surface area (Å²) in [5.74, 6) is -0.331. The summed E-state index contributed by atoms with van der Waals surface area (Å²) in [6.07, 6.45) is 25.3. The van der Waals surface area contributed by atoms with E-state index < -0.39 is 13.9 Å². The van der Waals surface area contributed by atoms with Crippen LogP contribution in [0.25, 0.3) is 0 Å². The van der Waals surface area contributed by atoms with Gasteiger partial charge in [0.05, 0.1) is 19.8 Å². The Morgan fingerprint density at radius 2 is 1.10 bits per heavy atom. The number of unbranched alkanes of at least 4 members (excludes halogenated alkanes) is 19. The van der Waals surface area contributed by atoms with E-state index in [4.69, 9.17) is 24.3 Å². The third-order valence-corrected chi connectivity index (χ3v) is 8.01. The third-order valence-electron chi connectivity index (χ3n) is 7.02. The molecular weight excluding hydrogens is 529 g/mol. The summed E-state index contributed by atoms with van der Waals surface area (Å²) in [6, 6.07) is 0. The van der Waals surface area contributed by atoms with E-state index in [2.05, 4.69) is 13.8 Å². The number of nitrogens with two attached hydrogens (primary N) is 1. The maximum absolute atomic E-state index is 12.4. The van der Waals surface area contributed by atoms with E-state index in [0.717, 1.165) is 32.1 Å². The Bertz CT molecular complexity index is 594. The van der Waals surface area contributed by atoms with E-state index in [1.54, 1.807) is 0 Å². The Hall–Kier alpha value is -0.500. The Kier molecular flexibility index (Phi) is 29.6. The van der Waals surface area contributed by atoms with Gasteiger partial charge in [-0.3, -0.25) is 13.8 Å². The molecule has 0 radical (unpaired) electrons. The summed E-state index contributed by atoms with van der Waals surface area (Å²) in [4.78, 5) is 22.2. The monoisotopic (exact) mass is 593 g/mol. The molecule has 9 heteroatoms. The number of carbonyl (C=O) groups excluding carboxylic acids is 1. The number of ether oxygens (including phenoxy) is 2. The molecule has 0 saturated carbocycles. The lowest BCUT2D eigenvalue weighted by Gasteiger charge is -2.20. The molecule has 0 aromatic rings. The van der Waals surface area contributed by atoms with Crippen molar-refractivity contribution in [1.29, 1.82) is 0 Å². The van der Waals surface area contributed by atoms with E-state index in [1.165, 1.54) is 103 Å². The van der Waals surface area contributed by atoms with Crippen LogP contribution in [0.3, 0.4) is 0 Å². The second-order valence-electron chi connectivity index (χ2n) is 11.0. The van der Waals surface area contributed by atoms with E-state index >= 15 is 0 Å². The van der Waals surface area contributed by atoms with Crippen LogP contribution in [-0.2, 0) is 27.9 Å². The lowest BCUT2D eigenvalue weighted by Crippen LogP contribution is -2.28. The zero-order valence-electron chi connectivity index (χ0n) is 26.1. The van der Waals surface area contributed by atoms with Crippen LogP contribution in [0.1, 0.15) is 155 Å². The highest BCUT2D eigenvalue weighted by Gasteiger charge is 2.25. The van der Waals surface area contributed by atoms with Gasteiger partial charge < -0.3 is 20.1 Å². The number of rotatable bonds is 32. The van der Waals surface area contributed by atoms with Crippen molar-refractivity contribution in [2.45, 2.75) is 161 Å². The van der Waals surface area contributed by atoms with Gasteiger partial charge in [0, 0.05) is 19.6 Å². The van der Waals surface area contributed by atoms with Crippen LogP contribution < -0.4 is 5.73 Å². The molecule has 0 rings (SSSR count). The van der Waals surface area contributed by atoms with Gasteiger partial charge in [-0.1, -0.05) is 136 Å². The lowest BCUT2D eigenvalue weighted by molar-refractivity contribution is -0.154. The molecule has 0 heterocycles. The Morgan fingerprint density at radius 3 is 1.57 bits per heavy atom. The minimum Gasteiger partial charge on any atom is -0.457 e. The summed E-state index contributed by atoms with van der Waals surface area (Å²) in [5, 5.41) is 0. The van der Waals surface area contributed by atoms with Crippen molar-refractivity contribution in [1.82, 2.24) is 0 Å². The molecule has 0 aliphatic heterocycles. The summed E-state index contributed by atoms with van der Waals surface area (Å²) in [5.41, 5.74) is 5.33. The molecule has 2 unspecified atom stereocenters. The van der Waals surface area contributed by atoms with Crippen LogP contribution in [0, 0.1) is 0 Å². The second-order valence-corrected chi connectivity index (χ2v) is 12.5. The second kappa shape index (κ2) is 30.0. The van der Waals surface area contributed by atoms with Crippen LogP contribution >= 0.6 is 7.82 Å². The number of phosphoric ester groups is 1. The minimum atomic E-state index is -4.25. The van der Waals surface area contributed by atoms with Crippen molar-refractivity contribution in [3.63, 3.8) is 0 Å². The lowest BCUT2D eigenvalue weighted by atomic mass is 10.1. The van der Waals surface area contributed by atoms with E-state index in [-0.39, 0.29) is 32.3 Å². The van der Waals surface area contributed by atoms with Gasteiger partial charge in [-0.05, 0) is 12.8 Å². The van der Waals surface area contributed by atoms with E-state index in [0.29, 0.717) is 13.0 Å². The predicted molar refractivity (Wildman–Crippen MR) is 164 cm³/mol. The SMILES string of the molecule is CCCCCCCCCCCCCC(=O)OC(COCCCCCCCCCCCC)COP(=O)(O)OCCN. The molecule has 0 bridgehead atoms. The molecule has 0 aliphatic carbocycles. The molecule has 0 fully saturated rings. The summed E-state index contributed by atoms with van der Waals surface area (Å²) >= 11 is 0. The maximum atomic E-state index is 12.4. The van der Waals surface area contributed by atoms with Crippen LogP contribution in [0.4, 0.5) is 0 Å². The van der Waals surface area contributed by atoms with Gasteiger partial charge in [0.2, 0.25) is 0 Å². The molecule has 3 N–H and O–H groups in total. The van der Waals surface area contributed by atoms with Crippen LogP contribution in [-0.4, -0.2) is 49.9 Å². The number of esters is 1. The fraction of sp³-hybridized carbons (Fsp3) is 0.968. The van der Waals surface area contributed by atoms with Gasteiger partial charge in [-0.25, -0.2) is 4.57 Å². The average molecular weight is 594 g/mol. The van der Waals surface area contributed by atoms with Gasteiger partial charge in [-0.2, -0.15) is 0 Å². The van der Waals surface area contributed by atoms with Crippen LogP contribution in [0.15, 0.2) is 0 Å². The maximum Gasteiger partial charge on any atom is 0.472 e. The fourth-order valence-electron chi connectivity index (χ4n) is 4.58. The van der Waals surface area contributed by atoms with Crippen molar-refractivity contribution in [3.8, 4) is 0 Å². The fourth-order valence-corrected chi connectivity index (χ4v) is 5.35. The van der Waals surface area contributed by atoms with Gasteiger partial charge >= 0.3 is 13.8 Å². The summed E-state index contributed by atoms with van der Waals surface area (Å²) < 4.78 is 33.1. The molecule has 2 atom stereocenters. The Balaban J connectivity index is 4.13. The topological polar surface area (TPSA) is 117 Å². The largest absolute Gasteiger partial charge is 0.472 e. The molecule has 8 nitrogen and oxygen atoms in total. The number of hydrogen-bond donors (Lipinski definition) is 2. The molecule has 0 aliphatic rings. The van der Waals surface area contributed by atoms with Crippen molar-refractivity contribution in [3.05, 3.63) is 0 Å². The summed E-state index contributed by atoms with van der Waals surface area (Å²) in [6.45, 7) is 4.91. The molecule has 240 valence electrons. The van der Waals surface area contributed by atoms with Crippen LogP contribution in [0.2, 0.25) is 0 Å². The number of hydrogen-bond acceptors (Lipinski definition) is 7. The van der Waals surface area contributed by atoms with Gasteiger partial charge in [0.15, 0.2) is 0 Å². The minimum absolute atomic E-state index is 0.0909. The van der Waals surface area contributed by atoms with Gasteiger partial charge in [-0.15, -0.1) is 0 Å². The zero-order chi connectivity index (χ0) is 29.6. The van der Waals surface area contributed by atoms with Crippen molar-refractivity contribution in [2.75, 3.05) is 33.0 Å². The van der Waals surface area contributed by atoms with Crippen LogP contribution in [0.5, 0.6) is 0 Å². The first-order chi connectivity index (χ1) is 19.4. The molecule has 0 spiro atoms. The average Bonchev–Trinajstić information content (AvgIpc) is 2.94. The number of carbonyl (C=O) groups is 1. The van der Waals surface area contributed by atoms with Crippen molar-refractivity contribution in [2.24, 2.45) is 5.73 Å². The third kappa shape index (κ3) is 29.0. The zero-order valence-corrected chi connectivity index (χ0v) is 27.0. The molecule has 40 heavy (non-hydrogen) atoms. The van der Waals surface area contributed by atoms with Crippen molar-refractivity contribution >= 4 is 13.8 Å². The first-order valence-corrected chi connectivity index (χ1v) is 18.0. The first-order valence-electron chi connectivity index (χ1n) is 16.5. The quantitative estimate of drug-likeness (QED) is 0.0452. The molecule has 0 amide bonds.